The van der Waals surface area contributed by atoms with Crippen molar-refractivity contribution in [2.24, 2.45) is 11.1 Å². The number of aromatic nitrogens is 4. The second kappa shape index (κ2) is 6.38. The van der Waals surface area contributed by atoms with Gasteiger partial charge >= 0.3 is 0 Å². The van der Waals surface area contributed by atoms with Gasteiger partial charge in [-0.1, -0.05) is 26.0 Å². The number of hydrogen-bond acceptors (Lipinski definition) is 6. The molecule has 2 atom stereocenters. The van der Waals surface area contributed by atoms with Crippen molar-refractivity contribution in [2.45, 2.75) is 57.7 Å². The van der Waals surface area contributed by atoms with Crippen LogP contribution in [-0.4, -0.2) is 44.4 Å². The van der Waals surface area contributed by atoms with E-state index in [0.29, 0.717) is 24.8 Å². The minimum atomic E-state index is -0.960. The number of carbonyl (C=O) groups is 1. The lowest BCUT2D eigenvalue weighted by atomic mass is 9.54. The Morgan fingerprint density at radius 3 is 2.85 bits per heavy atom. The van der Waals surface area contributed by atoms with E-state index in [1.54, 1.807) is 0 Å². The molecular formula is C19H26N6O2. The van der Waals surface area contributed by atoms with Crippen molar-refractivity contribution in [2.75, 3.05) is 11.9 Å². The number of nitrogens with one attached hydrogen (secondary N) is 1. The number of benzene rings is 1. The van der Waals surface area contributed by atoms with Crippen LogP contribution in [0.3, 0.4) is 0 Å². The molecule has 8 heteroatoms. The summed E-state index contributed by atoms with van der Waals surface area (Å²) in [5.41, 5.74) is 6.63. The first-order chi connectivity index (χ1) is 12.9. The maximum Gasteiger partial charge on any atom is 0.245 e. The molecule has 2 aliphatic carbocycles. The van der Waals surface area contributed by atoms with Gasteiger partial charge in [0.15, 0.2) is 5.82 Å². The second-order valence-corrected chi connectivity index (χ2v) is 8.05. The van der Waals surface area contributed by atoms with Crippen molar-refractivity contribution in [1.82, 2.24) is 20.2 Å². The first-order valence-electron chi connectivity index (χ1n) is 9.47. The number of nitrogens with zero attached hydrogens (tertiary/aromatic N) is 4. The third kappa shape index (κ3) is 2.93. The quantitative estimate of drug-likeness (QED) is 0.806. The van der Waals surface area contributed by atoms with Gasteiger partial charge in [0, 0.05) is 29.7 Å². The van der Waals surface area contributed by atoms with Gasteiger partial charge in [0.1, 0.15) is 5.54 Å². The van der Waals surface area contributed by atoms with Crippen molar-refractivity contribution in [3.8, 4) is 11.4 Å². The van der Waals surface area contributed by atoms with Gasteiger partial charge in [0.2, 0.25) is 5.91 Å². The molecule has 27 heavy (non-hydrogen) atoms. The summed E-state index contributed by atoms with van der Waals surface area (Å²) in [7, 11) is 0. The van der Waals surface area contributed by atoms with Crippen LogP contribution >= 0.6 is 0 Å². The summed E-state index contributed by atoms with van der Waals surface area (Å²) in [4.78, 5) is 12.9. The molecule has 2 fully saturated rings. The van der Waals surface area contributed by atoms with Crippen molar-refractivity contribution in [1.29, 1.82) is 0 Å². The summed E-state index contributed by atoms with van der Waals surface area (Å²) >= 11 is 0. The molecule has 1 amide bonds. The molecule has 2 unspecified atom stereocenters. The largest absolute Gasteiger partial charge is 0.378 e. The predicted octanol–water partition coefficient (Wildman–Crippen LogP) is 2.15. The third-order valence-corrected chi connectivity index (χ3v) is 6.00. The van der Waals surface area contributed by atoms with Gasteiger partial charge in [-0.15, -0.1) is 5.10 Å². The first kappa shape index (κ1) is 18.1. The highest BCUT2D eigenvalue weighted by atomic mass is 16.5. The van der Waals surface area contributed by atoms with Gasteiger partial charge in [-0.05, 0) is 42.3 Å². The van der Waals surface area contributed by atoms with Gasteiger partial charge < -0.3 is 15.8 Å². The van der Waals surface area contributed by atoms with Crippen molar-refractivity contribution in [3.05, 3.63) is 24.3 Å². The maximum atomic E-state index is 12.9. The summed E-state index contributed by atoms with van der Waals surface area (Å²) < 4.78 is 7.57. The van der Waals surface area contributed by atoms with Crippen LogP contribution in [0.25, 0.3) is 11.4 Å². The molecule has 2 saturated carbocycles. The molecule has 0 bridgehead atoms. The lowest BCUT2D eigenvalue weighted by molar-refractivity contribution is -0.166. The molecule has 4 rings (SSSR count). The van der Waals surface area contributed by atoms with E-state index in [0.717, 1.165) is 24.2 Å². The molecule has 2 aliphatic rings. The number of amides is 1. The van der Waals surface area contributed by atoms with Crippen LogP contribution < -0.4 is 11.1 Å². The first-order valence-corrected chi connectivity index (χ1v) is 9.47. The predicted molar refractivity (Wildman–Crippen MR) is 101 cm³/mol. The standard InChI is InChI=1S/C19H26N6O2/c1-4-27-15-11-19(20,18(15,2)3)17(26)21-13-7-5-6-12(10-13)16-22-23-24-25(16)14-8-9-14/h5-7,10,14-15H,4,8-9,11,20H2,1-3H3,(H,21,26). The highest BCUT2D eigenvalue weighted by molar-refractivity contribution is 6.00. The molecule has 0 aliphatic heterocycles. The minimum absolute atomic E-state index is 0.00671. The Balaban J connectivity index is 1.52. The zero-order valence-corrected chi connectivity index (χ0v) is 16.0. The smallest absolute Gasteiger partial charge is 0.245 e. The fourth-order valence-corrected chi connectivity index (χ4v) is 3.75. The van der Waals surface area contributed by atoms with Gasteiger partial charge in [-0.3, -0.25) is 4.79 Å². The molecular weight excluding hydrogens is 344 g/mol. The average molecular weight is 370 g/mol. The molecule has 1 aromatic carbocycles. The number of nitrogens with two attached hydrogens (primary N) is 1. The molecule has 0 spiro atoms. The van der Waals surface area contributed by atoms with Gasteiger partial charge in [-0.2, -0.15) is 0 Å². The zero-order valence-electron chi connectivity index (χ0n) is 16.0. The maximum absolute atomic E-state index is 12.9. The number of carbonyl (C=O) groups excluding carboxylic acids is 1. The topological polar surface area (TPSA) is 108 Å². The second-order valence-electron chi connectivity index (χ2n) is 8.05. The number of rotatable bonds is 6. The van der Waals surface area contributed by atoms with Crippen LogP contribution in [0, 0.1) is 5.41 Å². The van der Waals surface area contributed by atoms with Crippen molar-refractivity contribution in [3.63, 3.8) is 0 Å². The van der Waals surface area contributed by atoms with Crippen LogP contribution in [0.15, 0.2) is 24.3 Å². The van der Waals surface area contributed by atoms with E-state index in [1.807, 2.05) is 49.7 Å². The lowest BCUT2D eigenvalue weighted by Gasteiger charge is -2.57. The monoisotopic (exact) mass is 370 g/mol. The van der Waals surface area contributed by atoms with E-state index in [-0.39, 0.29) is 12.0 Å². The summed E-state index contributed by atoms with van der Waals surface area (Å²) in [6.07, 6.45) is 2.70. The SMILES string of the molecule is CCOC1CC(N)(C(=O)Nc2cccc(-c3nnnn3C3CC3)c2)C1(C)C. The Morgan fingerprint density at radius 2 is 2.19 bits per heavy atom. The number of ether oxygens (including phenoxy) is 1. The summed E-state index contributed by atoms with van der Waals surface area (Å²) in [6.45, 7) is 6.53. The molecule has 0 saturated heterocycles. The van der Waals surface area contributed by atoms with E-state index in [9.17, 15) is 4.79 Å². The van der Waals surface area contributed by atoms with Crippen molar-refractivity contribution >= 4 is 11.6 Å². The molecule has 8 nitrogen and oxygen atoms in total. The molecule has 1 aromatic heterocycles. The zero-order chi connectivity index (χ0) is 19.2. The van der Waals surface area contributed by atoms with Gasteiger partial charge in [0.25, 0.3) is 0 Å². The highest BCUT2D eigenvalue weighted by Gasteiger charge is 2.62. The van der Waals surface area contributed by atoms with E-state index in [4.69, 9.17) is 10.5 Å². The normalized spacial score (nSPS) is 26.4. The number of tetrazole rings is 1. The van der Waals surface area contributed by atoms with Crippen LogP contribution in [0.4, 0.5) is 5.69 Å². The number of anilines is 1. The van der Waals surface area contributed by atoms with Crippen LogP contribution in [0.2, 0.25) is 0 Å². The Labute approximate surface area is 158 Å². The Hall–Kier alpha value is -2.32. The van der Waals surface area contributed by atoms with Crippen LogP contribution in [0.5, 0.6) is 0 Å². The van der Waals surface area contributed by atoms with E-state index >= 15 is 0 Å². The fraction of sp³-hybridized carbons (Fsp3) is 0.579. The van der Waals surface area contributed by atoms with Crippen molar-refractivity contribution < 1.29 is 9.53 Å². The fourth-order valence-electron chi connectivity index (χ4n) is 3.75. The average Bonchev–Trinajstić information content (AvgIpc) is 3.38. The van der Waals surface area contributed by atoms with E-state index < -0.39 is 11.0 Å². The molecule has 0 radical (unpaired) electrons. The molecule has 144 valence electrons. The van der Waals surface area contributed by atoms with E-state index in [2.05, 4.69) is 20.8 Å². The van der Waals surface area contributed by atoms with Crippen LogP contribution in [0.1, 0.15) is 46.1 Å². The summed E-state index contributed by atoms with van der Waals surface area (Å²) in [6, 6.07) is 7.94. The number of hydrogen-bond donors (Lipinski definition) is 2. The third-order valence-electron chi connectivity index (χ3n) is 6.00. The molecule has 3 N–H and O–H groups in total. The van der Waals surface area contributed by atoms with Gasteiger partial charge in [0.05, 0.1) is 12.1 Å². The van der Waals surface area contributed by atoms with Crippen LogP contribution in [-0.2, 0) is 9.53 Å². The summed E-state index contributed by atoms with van der Waals surface area (Å²) in [5, 5.41) is 15.0. The van der Waals surface area contributed by atoms with E-state index in [1.165, 1.54) is 0 Å². The molecule has 1 heterocycles. The highest BCUT2D eigenvalue weighted by Crippen LogP contribution is 2.50. The Kier molecular flexibility index (Phi) is 4.27. The lowest BCUT2D eigenvalue weighted by Crippen LogP contribution is -2.74. The van der Waals surface area contributed by atoms with Gasteiger partial charge in [-0.25, -0.2) is 4.68 Å². The Morgan fingerprint density at radius 1 is 1.41 bits per heavy atom. The summed E-state index contributed by atoms with van der Waals surface area (Å²) in [5.74, 6) is 0.527. The molecule has 2 aromatic rings. The Bertz CT molecular complexity index is 859. The minimum Gasteiger partial charge on any atom is -0.378 e.